The lowest BCUT2D eigenvalue weighted by Gasteiger charge is -2.17. The second-order valence-corrected chi connectivity index (χ2v) is 6.91. The monoisotopic (exact) mass is 341 g/mol. The first-order valence-corrected chi connectivity index (χ1v) is 8.59. The lowest BCUT2D eigenvalue weighted by atomic mass is 10.1. The number of hydrogen-bond acceptors (Lipinski definition) is 5. The molecule has 124 valence electrons. The molecule has 0 aliphatic heterocycles. The number of rotatable bonds is 5. The summed E-state index contributed by atoms with van der Waals surface area (Å²) in [6, 6.07) is 9.88. The maximum atomic E-state index is 12.5. The van der Waals surface area contributed by atoms with Gasteiger partial charge >= 0.3 is 0 Å². The quantitative estimate of drug-likeness (QED) is 0.571. The van der Waals surface area contributed by atoms with Gasteiger partial charge in [0, 0.05) is 7.05 Å². The number of aryl methyl sites for hydroxylation is 1. The van der Waals surface area contributed by atoms with Gasteiger partial charge in [-0.25, -0.2) is 9.97 Å². The van der Waals surface area contributed by atoms with Crippen LogP contribution < -0.4 is 5.32 Å². The zero-order valence-electron chi connectivity index (χ0n) is 13.8. The van der Waals surface area contributed by atoms with E-state index in [1.807, 2.05) is 51.2 Å². The van der Waals surface area contributed by atoms with Crippen molar-refractivity contribution in [2.75, 3.05) is 0 Å². The van der Waals surface area contributed by atoms with Crippen LogP contribution in [0.15, 0.2) is 47.9 Å². The van der Waals surface area contributed by atoms with Crippen LogP contribution in [0.25, 0.3) is 11.0 Å². The van der Waals surface area contributed by atoms with Gasteiger partial charge in [0.1, 0.15) is 11.4 Å². The van der Waals surface area contributed by atoms with E-state index in [9.17, 15) is 4.79 Å². The Kier molecular flexibility index (Phi) is 4.80. The summed E-state index contributed by atoms with van der Waals surface area (Å²) in [7, 11) is 1.83. The van der Waals surface area contributed by atoms with Crippen LogP contribution in [-0.4, -0.2) is 30.9 Å². The second kappa shape index (κ2) is 7.00. The number of carbonyl (C=O) groups excluding carboxylic acids is 1. The molecule has 2 aromatic heterocycles. The zero-order chi connectivity index (χ0) is 17.1. The first-order valence-electron chi connectivity index (χ1n) is 7.71. The third kappa shape index (κ3) is 3.41. The molecule has 2 heterocycles. The van der Waals surface area contributed by atoms with Gasteiger partial charge in [0.05, 0.1) is 22.9 Å². The average Bonchev–Trinajstić information content (AvgIpc) is 2.98. The van der Waals surface area contributed by atoms with E-state index >= 15 is 0 Å². The zero-order valence-corrected chi connectivity index (χ0v) is 14.6. The fourth-order valence-electron chi connectivity index (χ4n) is 2.41. The molecule has 0 spiro atoms. The molecular formula is C17H19N5OS. The summed E-state index contributed by atoms with van der Waals surface area (Å²) in [4.78, 5) is 21.0. The molecule has 0 saturated carbocycles. The van der Waals surface area contributed by atoms with Gasteiger partial charge in [-0.15, -0.1) is 0 Å². The van der Waals surface area contributed by atoms with Crippen molar-refractivity contribution in [3.8, 4) is 0 Å². The standard InChI is InChI=1S/C17H19N5OS/c1-11(13-7-5-4-6-8-13)21-16(23)12(2)24-17-14-9-20-22(3)15(14)18-10-19-17/h4-12H,1-3H3,(H,21,23). The van der Waals surface area contributed by atoms with Gasteiger partial charge in [-0.1, -0.05) is 42.1 Å². The normalized spacial score (nSPS) is 13.6. The molecule has 0 aliphatic carbocycles. The Morgan fingerprint density at radius 1 is 1.21 bits per heavy atom. The highest BCUT2D eigenvalue weighted by atomic mass is 32.2. The maximum Gasteiger partial charge on any atom is 0.233 e. The van der Waals surface area contributed by atoms with E-state index in [4.69, 9.17) is 0 Å². The fraction of sp³-hybridized carbons (Fsp3) is 0.294. The summed E-state index contributed by atoms with van der Waals surface area (Å²) in [6.07, 6.45) is 3.23. The number of amides is 1. The molecule has 0 bridgehead atoms. The molecule has 2 unspecified atom stereocenters. The molecule has 7 heteroatoms. The summed E-state index contributed by atoms with van der Waals surface area (Å²) in [5.74, 6) is -0.0213. The highest BCUT2D eigenvalue weighted by Gasteiger charge is 2.19. The summed E-state index contributed by atoms with van der Waals surface area (Å²) < 4.78 is 1.70. The third-order valence-electron chi connectivity index (χ3n) is 3.81. The predicted molar refractivity (Wildman–Crippen MR) is 94.6 cm³/mol. The maximum absolute atomic E-state index is 12.5. The van der Waals surface area contributed by atoms with Crippen molar-refractivity contribution < 1.29 is 4.79 Å². The number of nitrogens with one attached hydrogen (secondary N) is 1. The van der Waals surface area contributed by atoms with E-state index in [1.165, 1.54) is 18.1 Å². The minimum atomic E-state index is -0.269. The van der Waals surface area contributed by atoms with Crippen molar-refractivity contribution in [3.05, 3.63) is 48.4 Å². The smallest absolute Gasteiger partial charge is 0.233 e. The Hall–Kier alpha value is -2.41. The van der Waals surface area contributed by atoms with Gasteiger partial charge in [-0.2, -0.15) is 5.10 Å². The van der Waals surface area contributed by atoms with E-state index in [2.05, 4.69) is 20.4 Å². The molecule has 3 aromatic rings. The predicted octanol–water partition coefficient (Wildman–Crippen LogP) is 2.72. The highest BCUT2D eigenvalue weighted by molar-refractivity contribution is 8.00. The number of fused-ring (bicyclic) bond motifs is 1. The Bertz CT molecular complexity index is 849. The van der Waals surface area contributed by atoms with Crippen LogP contribution in [0.4, 0.5) is 0 Å². The fourth-order valence-corrected chi connectivity index (χ4v) is 3.30. The van der Waals surface area contributed by atoms with E-state index in [-0.39, 0.29) is 17.2 Å². The van der Waals surface area contributed by atoms with Gasteiger partial charge in [0.2, 0.25) is 5.91 Å². The number of thioether (sulfide) groups is 1. The molecule has 0 aliphatic rings. The summed E-state index contributed by atoms with van der Waals surface area (Å²) in [5, 5.41) is 8.60. The first-order chi connectivity index (χ1) is 11.6. The van der Waals surface area contributed by atoms with Crippen LogP contribution in [-0.2, 0) is 11.8 Å². The number of carbonyl (C=O) groups is 1. The second-order valence-electron chi connectivity index (χ2n) is 5.59. The van der Waals surface area contributed by atoms with E-state index in [0.717, 1.165) is 21.6 Å². The van der Waals surface area contributed by atoms with Crippen LogP contribution >= 0.6 is 11.8 Å². The minimum absolute atomic E-state index is 0.0213. The Labute approximate surface area is 144 Å². The molecular weight excluding hydrogens is 322 g/mol. The van der Waals surface area contributed by atoms with Gasteiger partial charge < -0.3 is 5.32 Å². The van der Waals surface area contributed by atoms with Crippen LogP contribution in [0.3, 0.4) is 0 Å². The van der Waals surface area contributed by atoms with Crippen LogP contribution in [0.2, 0.25) is 0 Å². The highest BCUT2D eigenvalue weighted by Crippen LogP contribution is 2.28. The molecule has 1 amide bonds. The van der Waals surface area contributed by atoms with Gasteiger partial charge in [0.15, 0.2) is 5.65 Å². The molecule has 2 atom stereocenters. The molecule has 0 radical (unpaired) electrons. The Morgan fingerprint density at radius 3 is 2.71 bits per heavy atom. The Morgan fingerprint density at radius 2 is 1.96 bits per heavy atom. The molecule has 0 fully saturated rings. The van der Waals surface area contributed by atoms with E-state index < -0.39 is 0 Å². The van der Waals surface area contributed by atoms with Crippen molar-refractivity contribution in [1.29, 1.82) is 0 Å². The SMILES string of the molecule is CC(Sc1ncnc2c1cnn2C)C(=O)NC(C)c1ccccc1. The van der Waals surface area contributed by atoms with Crippen molar-refractivity contribution in [2.45, 2.75) is 30.2 Å². The number of hydrogen-bond donors (Lipinski definition) is 1. The topological polar surface area (TPSA) is 72.7 Å². The van der Waals surface area contributed by atoms with Crippen molar-refractivity contribution >= 4 is 28.7 Å². The summed E-state index contributed by atoms with van der Waals surface area (Å²) >= 11 is 1.42. The minimum Gasteiger partial charge on any atom is -0.349 e. The average molecular weight is 341 g/mol. The summed E-state index contributed by atoms with van der Waals surface area (Å²) in [6.45, 7) is 3.86. The van der Waals surface area contributed by atoms with Gasteiger partial charge in [-0.3, -0.25) is 9.48 Å². The molecule has 3 rings (SSSR count). The lowest BCUT2D eigenvalue weighted by Crippen LogP contribution is -2.33. The van der Waals surface area contributed by atoms with E-state index in [1.54, 1.807) is 10.9 Å². The number of nitrogens with zero attached hydrogens (tertiary/aromatic N) is 4. The van der Waals surface area contributed by atoms with E-state index in [0.29, 0.717) is 0 Å². The number of benzene rings is 1. The number of aromatic nitrogens is 4. The van der Waals surface area contributed by atoms with Crippen LogP contribution in [0.1, 0.15) is 25.5 Å². The van der Waals surface area contributed by atoms with Gasteiger partial charge in [-0.05, 0) is 19.4 Å². The van der Waals surface area contributed by atoms with Crippen LogP contribution in [0, 0.1) is 0 Å². The Balaban J connectivity index is 1.70. The van der Waals surface area contributed by atoms with Crippen molar-refractivity contribution in [1.82, 2.24) is 25.1 Å². The third-order valence-corrected chi connectivity index (χ3v) is 4.93. The molecule has 0 saturated heterocycles. The van der Waals surface area contributed by atoms with Crippen molar-refractivity contribution in [2.24, 2.45) is 7.05 Å². The van der Waals surface area contributed by atoms with Crippen molar-refractivity contribution in [3.63, 3.8) is 0 Å². The van der Waals surface area contributed by atoms with Gasteiger partial charge in [0.25, 0.3) is 0 Å². The first kappa shape index (κ1) is 16.4. The molecule has 24 heavy (non-hydrogen) atoms. The molecule has 1 N–H and O–H groups in total. The summed E-state index contributed by atoms with van der Waals surface area (Å²) in [5.41, 5.74) is 1.84. The van der Waals surface area contributed by atoms with Crippen LogP contribution in [0.5, 0.6) is 0 Å². The molecule has 6 nitrogen and oxygen atoms in total. The lowest BCUT2D eigenvalue weighted by molar-refractivity contribution is -0.120. The molecule has 1 aromatic carbocycles. The largest absolute Gasteiger partial charge is 0.349 e.